The number of carbonyl (C=O) groups is 2. The van der Waals surface area contributed by atoms with Crippen LogP contribution in [-0.4, -0.2) is 27.3 Å². The fourth-order valence-electron chi connectivity index (χ4n) is 1.75. The highest BCUT2D eigenvalue weighted by molar-refractivity contribution is 6.01. The number of aryl methyl sites for hydroxylation is 2. The van der Waals surface area contributed by atoms with Crippen molar-refractivity contribution < 1.29 is 14.7 Å². The number of aromatic nitrogens is 2. The fraction of sp³-hybridized carbons (Fsp3) is 0.235. The first-order chi connectivity index (χ1) is 11.0. The number of rotatable bonds is 3. The molecule has 0 aliphatic rings. The van der Waals surface area contributed by atoms with Crippen molar-refractivity contribution in [1.29, 1.82) is 0 Å². The van der Waals surface area contributed by atoms with Crippen LogP contribution < -0.4 is 5.32 Å². The van der Waals surface area contributed by atoms with Crippen LogP contribution in [0.3, 0.4) is 0 Å². The van der Waals surface area contributed by atoms with Gasteiger partial charge in [0.15, 0.2) is 0 Å². The minimum Gasteiger partial charge on any atom is -0.483 e. The fourth-order valence-corrected chi connectivity index (χ4v) is 1.75. The van der Waals surface area contributed by atoms with E-state index in [1.807, 2.05) is 52.2 Å². The van der Waals surface area contributed by atoms with Gasteiger partial charge in [-0.05, 0) is 25.1 Å². The molecule has 0 atom stereocenters. The van der Waals surface area contributed by atoms with Gasteiger partial charge in [0.2, 0.25) is 5.91 Å². The van der Waals surface area contributed by atoms with Crippen molar-refractivity contribution in [3.63, 3.8) is 0 Å². The topological polar surface area (TPSA) is 84.2 Å². The molecular weight excluding hydrogens is 294 g/mol. The lowest BCUT2D eigenvalue weighted by molar-refractivity contribution is -0.122. The molecule has 0 aliphatic carbocycles. The van der Waals surface area contributed by atoms with E-state index in [4.69, 9.17) is 9.90 Å². The molecule has 6 nitrogen and oxygen atoms in total. The highest BCUT2D eigenvalue weighted by Gasteiger charge is 2.08. The molecule has 124 valence electrons. The molecule has 23 heavy (non-hydrogen) atoms. The highest BCUT2D eigenvalue weighted by Crippen LogP contribution is 2.28. The van der Waals surface area contributed by atoms with Crippen molar-refractivity contribution >= 4 is 18.1 Å². The lowest BCUT2D eigenvalue weighted by Crippen LogP contribution is -2.08. The predicted octanol–water partition coefficient (Wildman–Crippen LogP) is 3.25. The minimum absolute atomic E-state index is 0.219. The minimum atomic E-state index is -0.250. The Labute approximate surface area is 136 Å². The Hall–Kier alpha value is -2.89. The van der Waals surface area contributed by atoms with Crippen molar-refractivity contribution in [3.8, 4) is 11.1 Å². The zero-order chi connectivity index (χ0) is 17.8. The van der Waals surface area contributed by atoms with Crippen LogP contribution in [0.25, 0.3) is 11.1 Å². The van der Waals surface area contributed by atoms with E-state index in [9.17, 15) is 4.79 Å². The van der Waals surface area contributed by atoms with E-state index in [1.165, 1.54) is 6.08 Å². The Bertz CT molecular complexity index is 648. The van der Waals surface area contributed by atoms with E-state index in [-0.39, 0.29) is 12.4 Å². The van der Waals surface area contributed by atoms with E-state index >= 15 is 0 Å². The number of nitrogens with zero attached hydrogens (tertiary/aromatic N) is 2. The highest BCUT2D eigenvalue weighted by atomic mass is 16.3. The van der Waals surface area contributed by atoms with E-state index in [0.29, 0.717) is 0 Å². The summed E-state index contributed by atoms with van der Waals surface area (Å²) < 4.78 is 1.73. The van der Waals surface area contributed by atoms with Gasteiger partial charge in [0.25, 0.3) is 6.47 Å². The lowest BCUT2D eigenvalue weighted by atomic mass is 10.0. The maximum absolute atomic E-state index is 11.4. The van der Waals surface area contributed by atoms with Gasteiger partial charge in [-0.15, -0.1) is 0 Å². The van der Waals surface area contributed by atoms with Gasteiger partial charge in [0, 0.05) is 30.1 Å². The molecule has 1 aromatic carbocycles. The summed E-state index contributed by atoms with van der Waals surface area (Å²) in [5, 5.41) is 13.8. The van der Waals surface area contributed by atoms with Gasteiger partial charge in [-0.1, -0.05) is 32.1 Å². The number of carbonyl (C=O) groups excluding carboxylic acids is 1. The van der Waals surface area contributed by atoms with Crippen LogP contribution in [0, 0.1) is 6.92 Å². The summed E-state index contributed by atoms with van der Waals surface area (Å²) in [5.74, 6) is -0.219. The molecule has 0 saturated carbocycles. The van der Waals surface area contributed by atoms with Crippen LogP contribution in [0.1, 0.15) is 19.4 Å². The van der Waals surface area contributed by atoms with Crippen molar-refractivity contribution in [1.82, 2.24) is 9.78 Å². The smallest absolute Gasteiger partial charge is 0.290 e. The monoisotopic (exact) mass is 317 g/mol. The van der Waals surface area contributed by atoms with Gasteiger partial charge in [-0.2, -0.15) is 5.10 Å². The molecule has 0 bridgehead atoms. The molecule has 1 aromatic heterocycles. The van der Waals surface area contributed by atoms with Gasteiger partial charge < -0.3 is 10.4 Å². The van der Waals surface area contributed by atoms with Crippen LogP contribution >= 0.6 is 0 Å². The summed E-state index contributed by atoms with van der Waals surface area (Å²) >= 11 is 0. The Morgan fingerprint density at radius 2 is 2.00 bits per heavy atom. The summed E-state index contributed by atoms with van der Waals surface area (Å²) in [4.78, 5) is 19.8. The van der Waals surface area contributed by atoms with Crippen molar-refractivity contribution in [2.24, 2.45) is 7.05 Å². The van der Waals surface area contributed by atoms with Crippen LogP contribution in [0.5, 0.6) is 0 Å². The van der Waals surface area contributed by atoms with E-state index < -0.39 is 0 Å². The predicted molar refractivity (Wildman–Crippen MR) is 92.2 cm³/mol. The first-order valence-corrected chi connectivity index (χ1v) is 7.12. The molecule has 0 saturated heterocycles. The third-order valence-electron chi connectivity index (χ3n) is 2.63. The number of hydrogen-bond acceptors (Lipinski definition) is 3. The normalized spacial score (nSPS) is 8.70. The Morgan fingerprint density at radius 1 is 1.39 bits per heavy atom. The number of anilines is 1. The maximum atomic E-state index is 11.4. The van der Waals surface area contributed by atoms with Gasteiger partial charge >= 0.3 is 0 Å². The largest absolute Gasteiger partial charge is 0.483 e. The van der Waals surface area contributed by atoms with E-state index in [0.717, 1.165) is 22.4 Å². The quantitative estimate of drug-likeness (QED) is 0.672. The first kappa shape index (κ1) is 20.1. The van der Waals surface area contributed by atoms with Gasteiger partial charge in [0.1, 0.15) is 0 Å². The lowest BCUT2D eigenvalue weighted by Gasteiger charge is -2.09. The number of hydrogen-bond donors (Lipinski definition) is 2. The number of carboxylic acid groups (broad SMARTS) is 1. The van der Waals surface area contributed by atoms with Crippen LogP contribution in [0.4, 0.5) is 5.69 Å². The van der Waals surface area contributed by atoms with Gasteiger partial charge in [-0.25, -0.2) is 0 Å². The number of benzene rings is 1. The average molecular weight is 317 g/mol. The van der Waals surface area contributed by atoms with Crippen molar-refractivity contribution in [3.05, 3.63) is 48.8 Å². The molecule has 2 rings (SSSR count). The zero-order valence-electron chi connectivity index (χ0n) is 13.9. The molecule has 1 amide bonds. The Balaban J connectivity index is 0.000000868. The first-order valence-electron chi connectivity index (χ1n) is 7.12. The molecule has 1 heterocycles. The second kappa shape index (κ2) is 10.8. The summed E-state index contributed by atoms with van der Waals surface area (Å²) in [5.41, 5.74) is 3.82. The molecule has 2 aromatic rings. The number of nitrogens with one attached hydrogen (secondary N) is 1. The van der Waals surface area contributed by atoms with Gasteiger partial charge in [0.05, 0.1) is 6.20 Å². The molecule has 0 spiro atoms. The SMILES string of the molecule is C=CC(=O)Nc1ccc(C)cc1-c1cnn(C)c1.CC.O=CO. The van der Waals surface area contributed by atoms with Crippen LogP contribution in [0.15, 0.2) is 43.2 Å². The molecule has 0 radical (unpaired) electrons. The Kier molecular flexibility index (Phi) is 9.43. The third-order valence-corrected chi connectivity index (χ3v) is 2.63. The van der Waals surface area contributed by atoms with Crippen molar-refractivity contribution in [2.45, 2.75) is 20.8 Å². The Morgan fingerprint density at radius 3 is 2.48 bits per heavy atom. The maximum Gasteiger partial charge on any atom is 0.290 e. The van der Waals surface area contributed by atoms with E-state index in [2.05, 4.69) is 17.0 Å². The summed E-state index contributed by atoms with van der Waals surface area (Å²) in [6, 6.07) is 5.87. The molecular formula is C17H23N3O3. The molecule has 0 unspecified atom stereocenters. The third kappa shape index (κ3) is 6.60. The summed E-state index contributed by atoms with van der Waals surface area (Å²) in [6.45, 7) is 9.22. The van der Waals surface area contributed by atoms with E-state index in [1.54, 1.807) is 10.9 Å². The van der Waals surface area contributed by atoms with Crippen molar-refractivity contribution in [2.75, 3.05) is 5.32 Å². The second-order valence-corrected chi connectivity index (χ2v) is 4.25. The average Bonchev–Trinajstić information content (AvgIpc) is 2.98. The zero-order valence-corrected chi connectivity index (χ0v) is 13.9. The number of amides is 1. The van der Waals surface area contributed by atoms with Crippen LogP contribution in [-0.2, 0) is 16.6 Å². The molecule has 0 aliphatic heterocycles. The molecule has 2 N–H and O–H groups in total. The van der Waals surface area contributed by atoms with Gasteiger partial charge in [-0.3, -0.25) is 14.3 Å². The molecule has 0 fully saturated rings. The second-order valence-electron chi connectivity index (χ2n) is 4.25. The standard InChI is InChI=1S/C14H15N3O.C2H6.CH2O2/c1-4-14(18)16-13-6-5-10(2)7-12(13)11-8-15-17(3)9-11;1-2;2-1-3/h4-9H,1H2,2-3H3,(H,16,18);1-2H3;1H,(H,2,3). The van der Waals surface area contributed by atoms with Crippen LogP contribution in [0.2, 0.25) is 0 Å². The summed E-state index contributed by atoms with van der Waals surface area (Å²) in [6.07, 6.45) is 4.95. The molecule has 6 heteroatoms. The summed E-state index contributed by atoms with van der Waals surface area (Å²) in [7, 11) is 1.86.